The summed E-state index contributed by atoms with van der Waals surface area (Å²) in [5.41, 5.74) is 1.87. The maximum Gasteiger partial charge on any atom is 0.290 e. The van der Waals surface area contributed by atoms with E-state index in [-0.39, 0.29) is 17.8 Å². The highest BCUT2D eigenvalue weighted by atomic mass is 16.5. The normalized spacial score (nSPS) is 16.8. The number of nitrogens with zero attached hydrogens (tertiary/aromatic N) is 1. The van der Waals surface area contributed by atoms with Crippen molar-refractivity contribution in [1.29, 1.82) is 0 Å². The van der Waals surface area contributed by atoms with Crippen LogP contribution in [0.5, 0.6) is 5.75 Å². The Bertz CT molecular complexity index is 581. The number of aryl methyl sites for hydroxylation is 1. The van der Waals surface area contributed by atoms with Crippen LogP contribution in [0.1, 0.15) is 21.8 Å². The number of para-hydroxylation sites is 1. The first-order valence-electron chi connectivity index (χ1n) is 6.18. The van der Waals surface area contributed by atoms with Crippen LogP contribution in [0.4, 0.5) is 0 Å². The second-order valence-electron chi connectivity index (χ2n) is 4.59. The molecule has 2 aromatic rings. The lowest BCUT2D eigenvalue weighted by Gasteiger charge is -2.10. The summed E-state index contributed by atoms with van der Waals surface area (Å²) in [5, 5.41) is 6.47. The van der Waals surface area contributed by atoms with E-state index in [0.717, 1.165) is 12.2 Å². The molecule has 98 valence electrons. The predicted molar refractivity (Wildman–Crippen MR) is 68.1 cm³/mol. The second-order valence-corrected chi connectivity index (χ2v) is 4.59. The van der Waals surface area contributed by atoms with Gasteiger partial charge in [0.15, 0.2) is 0 Å². The molecular weight excluding hydrogens is 244 g/mol. The van der Waals surface area contributed by atoms with Crippen LogP contribution in [0.25, 0.3) is 0 Å². The summed E-state index contributed by atoms with van der Waals surface area (Å²) >= 11 is 0. The molecule has 5 heteroatoms. The van der Waals surface area contributed by atoms with Gasteiger partial charge in [0.1, 0.15) is 11.9 Å². The zero-order valence-electron chi connectivity index (χ0n) is 10.6. The number of fused-ring (bicyclic) bond motifs is 1. The van der Waals surface area contributed by atoms with Crippen LogP contribution < -0.4 is 10.1 Å². The van der Waals surface area contributed by atoms with Crippen molar-refractivity contribution in [1.82, 2.24) is 10.5 Å². The number of ether oxygens (including phenoxy) is 1. The van der Waals surface area contributed by atoms with Crippen molar-refractivity contribution < 1.29 is 14.1 Å². The first-order valence-corrected chi connectivity index (χ1v) is 6.18. The van der Waals surface area contributed by atoms with Gasteiger partial charge in [0.25, 0.3) is 5.91 Å². The van der Waals surface area contributed by atoms with Crippen molar-refractivity contribution in [3.63, 3.8) is 0 Å². The number of amides is 1. The van der Waals surface area contributed by atoms with Gasteiger partial charge in [-0.15, -0.1) is 0 Å². The van der Waals surface area contributed by atoms with Crippen molar-refractivity contribution in [3.05, 3.63) is 47.3 Å². The minimum atomic E-state index is -0.264. The van der Waals surface area contributed by atoms with E-state index in [1.165, 1.54) is 5.56 Å². The van der Waals surface area contributed by atoms with Crippen LogP contribution in [0.2, 0.25) is 0 Å². The van der Waals surface area contributed by atoms with Gasteiger partial charge in [-0.2, -0.15) is 0 Å². The Kier molecular flexibility index (Phi) is 2.95. The van der Waals surface area contributed by atoms with Gasteiger partial charge in [-0.25, -0.2) is 0 Å². The van der Waals surface area contributed by atoms with E-state index in [0.29, 0.717) is 12.2 Å². The third-order valence-electron chi connectivity index (χ3n) is 3.06. The molecule has 1 amide bonds. The van der Waals surface area contributed by atoms with Gasteiger partial charge in [-0.3, -0.25) is 4.79 Å². The van der Waals surface area contributed by atoms with E-state index in [1.807, 2.05) is 24.3 Å². The van der Waals surface area contributed by atoms with E-state index >= 15 is 0 Å². The van der Waals surface area contributed by atoms with E-state index in [9.17, 15) is 4.79 Å². The maximum atomic E-state index is 11.8. The Morgan fingerprint density at radius 2 is 2.32 bits per heavy atom. The second kappa shape index (κ2) is 4.76. The molecule has 1 aliphatic rings. The molecule has 0 saturated heterocycles. The molecule has 0 bridgehead atoms. The largest absolute Gasteiger partial charge is 0.488 e. The van der Waals surface area contributed by atoms with Crippen molar-refractivity contribution in [2.75, 3.05) is 6.54 Å². The number of benzene rings is 1. The highest BCUT2D eigenvalue weighted by Crippen LogP contribution is 2.27. The number of carbonyl (C=O) groups excluding carboxylic acids is 1. The molecule has 0 unspecified atom stereocenters. The average Bonchev–Trinajstić information content (AvgIpc) is 3.01. The van der Waals surface area contributed by atoms with E-state index in [4.69, 9.17) is 9.26 Å². The van der Waals surface area contributed by atoms with Crippen molar-refractivity contribution in [2.45, 2.75) is 19.4 Å². The highest BCUT2D eigenvalue weighted by Gasteiger charge is 2.23. The van der Waals surface area contributed by atoms with E-state index in [1.54, 1.807) is 13.0 Å². The molecule has 2 heterocycles. The zero-order valence-corrected chi connectivity index (χ0v) is 10.6. The maximum absolute atomic E-state index is 11.8. The van der Waals surface area contributed by atoms with Gasteiger partial charge in [0.05, 0.1) is 12.2 Å². The summed E-state index contributed by atoms with van der Waals surface area (Å²) in [6.45, 7) is 2.23. The van der Waals surface area contributed by atoms with Gasteiger partial charge in [-0.05, 0) is 18.6 Å². The smallest absolute Gasteiger partial charge is 0.290 e. The quantitative estimate of drug-likeness (QED) is 0.910. The third-order valence-corrected chi connectivity index (χ3v) is 3.06. The fourth-order valence-corrected chi connectivity index (χ4v) is 2.13. The fraction of sp³-hybridized carbons (Fsp3) is 0.286. The summed E-state index contributed by atoms with van der Waals surface area (Å²) in [5.74, 6) is 0.866. The molecule has 0 saturated carbocycles. The van der Waals surface area contributed by atoms with Gasteiger partial charge in [0.2, 0.25) is 5.76 Å². The molecule has 1 N–H and O–H groups in total. The number of nitrogens with one attached hydrogen (secondary N) is 1. The van der Waals surface area contributed by atoms with Gasteiger partial charge in [0, 0.05) is 12.5 Å². The van der Waals surface area contributed by atoms with Crippen molar-refractivity contribution in [3.8, 4) is 5.75 Å². The Morgan fingerprint density at radius 3 is 3.05 bits per heavy atom. The Labute approximate surface area is 110 Å². The summed E-state index contributed by atoms with van der Waals surface area (Å²) in [6.07, 6.45) is 0.789. The number of carbonyl (C=O) groups is 1. The lowest BCUT2D eigenvalue weighted by atomic mass is 10.1. The molecule has 1 aromatic heterocycles. The molecule has 0 spiro atoms. The SMILES string of the molecule is Cc1cc(C(=O)NC[C@H]2Cc3ccccc3O2)on1. The molecule has 5 nitrogen and oxygen atoms in total. The Morgan fingerprint density at radius 1 is 1.47 bits per heavy atom. The van der Waals surface area contributed by atoms with Gasteiger partial charge >= 0.3 is 0 Å². The standard InChI is InChI=1S/C14H14N2O3/c1-9-6-13(19-16-9)14(17)15-8-11-7-10-4-2-3-5-12(10)18-11/h2-6,11H,7-8H2,1H3,(H,15,17)/t11-/m1/s1. The average molecular weight is 258 g/mol. The Balaban J connectivity index is 1.56. The van der Waals surface area contributed by atoms with Gasteiger partial charge < -0.3 is 14.6 Å². The molecule has 1 atom stereocenters. The van der Waals surface area contributed by atoms with Crippen molar-refractivity contribution in [2.24, 2.45) is 0 Å². The molecule has 0 radical (unpaired) electrons. The minimum Gasteiger partial charge on any atom is -0.488 e. The molecule has 3 rings (SSSR count). The molecular formula is C14H14N2O3. The topological polar surface area (TPSA) is 64.4 Å². The van der Waals surface area contributed by atoms with Crippen LogP contribution in [0, 0.1) is 6.92 Å². The van der Waals surface area contributed by atoms with Crippen LogP contribution in [0.15, 0.2) is 34.9 Å². The number of hydrogen-bond acceptors (Lipinski definition) is 4. The third kappa shape index (κ3) is 2.45. The van der Waals surface area contributed by atoms with E-state index in [2.05, 4.69) is 10.5 Å². The lowest BCUT2D eigenvalue weighted by Crippen LogP contribution is -2.34. The summed E-state index contributed by atoms with van der Waals surface area (Å²) in [4.78, 5) is 11.8. The molecule has 19 heavy (non-hydrogen) atoms. The minimum absolute atomic E-state index is 0.0228. The van der Waals surface area contributed by atoms with Gasteiger partial charge in [-0.1, -0.05) is 23.4 Å². The number of hydrogen-bond donors (Lipinski definition) is 1. The Hall–Kier alpha value is -2.30. The zero-order chi connectivity index (χ0) is 13.2. The van der Waals surface area contributed by atoms with Crippen LogP contribution >= 0.6 is 0 Å². The summed E-state index contributed by atoms with van der Waals surface area (Å²) < 4.78 is 10.6. The van der Waals surface area contributed by atoms with Crippen LogP contribution in [-0.2, 0) is 6.42 Å². The molecule has 1 aliphatic heterocycles. The first-order chi connectivity index (χ1) is 9.22. The predicted octanol–water partition coefficient (Wildman–Crippen LogP) is 1.72. The molecule has 1 aromatic carbocycles. The van der Waals surface area contributed by atoms with Crippen LogP contribution in [0.3, 0.4) is 0 Å². The summed E-state index contributed by atoms with van der Waals surface area (Å²) in [6, 6.07) is 9.52. The monoisotopic (exact) mass is 258 g/mol. The molecule has 0 aliphatic carbocycles. The lowest BCUT2D eigenvalue weighted by molar-refractivity contribution is 0.0896. The number of aromatic nitrogens is 1. The van der Waals surface area contributed by atoms with E-state index < -0.39 is 0 Å². The first kappa shape index (κ1) is 11.8. The van der Waals surface area contributed by atoms with Crippen molar-refractivity contribution >= 4 is 5.91 Å². The summed E-state index contributed by atoms with van der Waals surface area (Å²) in [7, 11) is 0. The number of rotatable bonds is 3. The molecule has 0 fully saturated rings. The van der Waals surface area contributed by atoms with Crippen LogP contribution in [-0.4, -0.2) is 23.7 Å². The highest BCUT2D eigenvalue weighted by molar-refractivity contribution is 5.91. The fourth-order valence-electron chi connectivity index (χ4n) is 2.13.